The lowest BCUT2D eigenvalue weighted by atomic mass is 9.94. The molecule has 2 aromatic rings. The maximum absolute atomic E-state index is 13.1. The number of carbonyl (C=O) groups excluding carboxylic acids is 2. The Hall–Kier alpha value is -3.67. The highest BCUT2D eigenvalue weighted by molar-refractivity contribution is 6.04. The lowest BCUT2D eigenvalue weighted by Crippen LogP contribution is -2.42. The van der Waals surface area contributed by atoms with Gasteiger partial charge in [-0.3, -0.25) is 9.79 Å². The van der Waals surface area contributed by atoms with Crippen LogP contribution in [0.25, 0.3) is 0 Å². The number of piperidine rings is 1. The second-order valence-corrected chi connectivity index (χ2v) is 10.9. The van der Waals surface area contributed by atoms with Crippen LogP contribution in [0, 0.1) is 0 Å². The summed E-state index contributed by atoms with van der Waals surface area (Å²) in [5.41, 5.74) is 3.73. The van der Waals surface area contributed by atoms with Crippen LogP contribution in [0.1, 0.15) is 74.8 Å². The van der Waals surface area contributed by atoms with E-state index in [9.17, 15) is 27.9 Å². The molecule has 1 fully saturated rings. The average Bonchev–Trinajstić information content (AvgIpc) is 2.82. The lowest BCUT2D eigenvalue weighted by molar-refractivity contribution is -0.141. The summed E-state index contributed by atoms with van der Waals surface area (Å²) in [6, 6.07) is 5.95. The zero-order valence-corrected chi connectivity index (χ0v) is 22.6. The maximum Gasteiger partial charge on any atom is 0.433 e. The van der Waals surface area contributed by atoms with Crippen LogP contribution in [0.5, 0.6) is 0 Å². The molecule has 3 rings (SSSR count). The number of likely N-dealkylation sites (tertiary alicyclic amines) is 1. The molecule has 4 N–H and O–H groups in total. The van der Waals surface area contributed by atoms with Gasteiger partial charge in [0.25, 0.3) is 5.91 Å². The fourth-order valence-electron chi connectivity index (χ4n) is 3.97. The number of hydrogen-bond acceptors (Lipinski definition) is 7. The van der Waals surface area contributed by atoms with Gasteiger partial charge in [-0.15, -0.1) is 0 Å². The second-order valence-electron chi connectivity index (χ2n) is 10.9. The molecular weight excluding hydrogens is 515 g/mol. The Labute approximate surface area is 225 Å². The van der Waals surface area contributed by atoms with Crippen LogP contribution >= 0.6 is 0 Å². The first-order valence-electron chi connectivity index (χ1n) is 12.5. The molecule has 0 saturated carbocycles. The van der Waals surface area contributed by atoms with E-state index in [0.29, 0.717) is 31.5 Å². The van der Waals surface area contributed by atoms with Crippen molar-refractivity contribution >= 4 is 29.6 Å². The summed E-state index contributed by atoms with van der Waals surface area (Å²) >= 11 is 0. The first-order valence-corrected chi connectivity index (χ1v) is 12.5. The summed E-state index contributed by atoms with van der Waals surface area (Å²) in [5, 5.41) is 13.2. The van der Waals surface area contributed by atoms with Crippen LogP contribution in [-0.2, 0) is 16.5 Å². The van der Waals surface area contributed by atoms with Crippen LogP contribution in [0.15, 0.2) is 35.3 Å². The third-order valence-electron chi connectivity index (χ3n) is 5.94. The van der Waals surface area contributed by atoms with E-state index in [2.05, 4.69) is 15.3 Å². The Balaban J connectivity index is 1.79. The summed E-state index contributed by atoms with van der Waals surface area (Å²) in [7, 11) is 0. The monoisotopic (exact) mass is 549 g/mol. The Morgan fingerprint density at radius 3 is 2.36 bits per heavy atom. The van der Waals surface area contributed by atoms with E-state index < -0.39 is 34.7 Å². The van der Waals surface area contributed by atoms with Gasteiger partial charge < -0.3 is 25.8 Å². The molecule has 0 aliphatic carbocycles. The van der Waals surface area contributed by atoms with E-state index in [4.69, 9.17) is 10.5 Å². The number of pyridine rings is 1. The number of aliphatic hydroxyl groups is 1. The zero-order valence-electron chi connectivity index (χ0n) is 22.6. The average molecular weight is 550 g/mol. The molecule has 12 heteroatoms. The number of nitrogens with one attached hydrogen (secondary N) is 1. The lowest BCUT2D eigenvalue weighted by Gasteiger charge is -2.32. The fourth-order valence-corrected chi connectivity index (χ4v) is 3.97. The fraction of sp³-hybridized carbons (Fsp3) is 0.481. The molecule has 0 radical (unpaired) electrons. The van der Waals surface area contributed by atoms with Crippen LogP contribution < -0.4 is 11.1 Å². The van der Waals surface area contributed by atoms with Crippen molar-refractivity contribution < 1.29 is 32.6 Å². The van der Waals surface area contributed by atoms with Gasteiger partial charge in [0.2, 0.25) is 0 Å². The van der Waals surface area contributed by atoms with E-state index >= 15 is 0 Å². The van der Waals surface area contributed by atoms with Crippen molar-refractivity contribution in [3.8, 4) is 0 Å². The number of halogens is 3. The van der Waals surface area contributed by atoms with Gasteiger partial charge in [-0.2, -0.15) is 13.2 Å². The van der Waals surface area contributed by atoms with Crippen molar-refractivity contribution in [3.05, 3.63) is 52.8 Å². The number of aliphatic imine (C=N–C) groups is 1. The Morgan fingerprint density at radius 1 is 1.15 bits per heavy atom. The van der Waals surface area contributed by atoms with E-state index in [-0.39, 0.29) is 29.1 Å². The topological polar surface area (TPSA) is 130 Å². The molecular formula is C27H34F3N5O4. The number of nitrogens with zero attached hydrogens (tertiary/aromatic N) is 3. The Morgan fingerprint density at radius 2 is 1.79 bits per heavy atom. The SMILES string of the molecule is CC(C)(C)OC(=O)N1CCC(N=Cc2cc(NC(=O)c3cccc(C(F)(F)F)n3)c(C(C)(C)O)cc2N)CC1. The highest BCUT2D eigenvalue weighted by Gasteiger charge is 2.33. The number of amides is 2. The van der Waals surface area contributed by atoms with Crippen molar-refractivity contribution in [2.24, 2.45) is 4.99 Å². The quantitative estimate of drug-likeness (QED) is 0.356. The molecule has 0 bridgehead atoms. The van der Waals surface area contributed by atoms with Gasteiger partial charge in [0.15, 0.2) is 0 Å². The molecule has 1 aliphatic heterocycles. The van der Waals surface area contributed by atoms with Crippen molar-refractivity contribution in [1.82, 2.24) is 9.88 Å². The number of nitrogens with two attached hydrogens (primary N) is 1. The summed E-state index contributed by atoms with van der Waals surface area (Å²) in [6.07, 6.45) is -2.30. The van der Waals surface area contributed by atoms with E-state index in [1.54, 1.807) is 11.1 Å². The minimum absolute atomic E-state index is 0.0793. The van der Waals surface area contributed by atoms with Gasteiger partial charge in [0, 0.05) is 41.8 Å². The minimum Gasteiger partial charge on any atom is -0.444 e. The first kappa shape index (κ1) is 29.9. The second kappa shape index (κ2) is 11.2. The molecule has 1 aliphatic rings. The van der Waals surface area contributed by atoms with Crippen molar-refractivity contribution in [3.63, 3.8) is 0 Å². The summed E-state index contributed by atoms with van der Waals surface area (Å²) in [5.74, 6) is -0.881. The predicted molar refractivity (Wildman–Crippen MR) is 142 cm³/mol. The molecule has 2 heterocycles. The molecule has 0 atom stereocenters. The summed E-state index contributed by atoms with van der Waals surface area (Å²) in [4.78, 5) is 34.8. The number of aromatic nitrogens is 1. The predicted octanol–water partition coefficient (Wildman–Crippen LogP) is 4.98. The number of rotatable bonds is 5. The summed E-state index contributed by atoms with van der Waals surface area (Å²) in [6.45, 7) is 9.37. The Kier molecular flexibility index (Phi) is 8.59. The number of nitrogen functional groups attached to an aromatic ring is 1. The molecule has 1 aromatic heterocycles. The van der Waals surface area contributed by atoms with Crippen LogP contribution in [0.3, 0.4) is 0 Å². The van der Waals surface area contributed by atoms with Gasteiger partial charge in [0.1, 0.15) is 17.0 Å². The van der Waals surface area contributed by atoms with Gasteiger partial charge >= 0.3 is 12.3 Å². The smallest absolute Gasteiger partial charge is 0.433 e. The van der Waals surface area contributed by atoms with Crippen molar-refractivity contribution in [2.75, 3.05) is 24.1 Å². The number of benzene rings is 1. The highest BCUT2D eigenvalue weighted by Crippen LogP contribution is 2.33. The molecule has 9 nitrogen and oxygen atoms in total. The van der Waals surface area contributed by atoms with Gasteiger partial charge in [0.05, 0.1) is 11.6 Å². The van der Waals surface area contributed by atoms with E-state index in [0.717, 1.165) is 18.2 Å². The van der Waals surface area contributed by atoms with Crippen molar-refractivity contribution in [1.29, 1.82) is 0 Å². The number of ether oxygens (including phenoxy) is 1. The van der Waals surface area contributed by atoms with Gasteiger partial charge in [-0.25, -0.2) is 9.78 Å². The van der Waals surface area contributed by atoms with Gasteiger partial charge in [-0.05, 0) is 71.7 Å². The third-order valence-corrected chi connectivity index (χ3v) is 5.94. The van der Waals surface area contributed by atoms with Crippen molar-refractivity contribution in [2.45, 2.75) is 70.9 Å². The van der Waals surface area contributed by atoms with Gasteiger partial charge in [-0.1, -0.05) is 6.07 Å². The van der Waals surface area contributed by atoms with E-state index in [1.807, 2.05) is 20.8 Å². The number of alkyl halides is 3. The molecule has 0 spiro atoms. The van der Waals surface area contributed by atoms with Crippen LogP contribution in [-0.4, -0.2) is 57.9 Å². The standard InChI is InChI=1S/C27H34F3N5O4/c1-25(2,3)39-24(37)35-11-9-17(10-12-35)32-15-16-13-21(18(14-19(16)31)26(4,5)38)34-23(36)20-7-6-8-22(33-20)27(28,29)30/h6-8,13-15,17,38H,9-12,31H2,1-5H3,(H,34,36). The number of anilines is 2. The molecule has 2 amide bonds. The minimum atomic E-state index is -4.71. The zero-order chi connectivity index (χ0) is 29.2. The molecule has 0 unspecified atom stereocenters. The largest absolute Gasteiger partial charge is 0.444 e. The number of hydrogen-bond donors (Lipinski definition) is 3. The molecule has 1 aromatic carbocycles. The summed E-state index contributed by atoms with van der Waals surface area (Å²) < 4.78 is 44.6. The Bertz CT molecular complexity index is 1240. The van der Waals surface area contributed by atoms with E-state index in [1.165, 1.54) is 26.0 Å². The van der Waals surface area contributed by atoms with Crippen LogP contribution in [0.2, 0.25) is 0 Å². The molecule has 212 valence electrons. The number of carbonyl (C=O) groups is 2. The van der Waals surface area contributed by atoms with Crippen LogP contribution in [0.4, 0.5) is 29.3 Å². The maximum atomic E-state index is 13.1. The third kappa shape index (κ3) is 8.16. The molecule has 39 heavy (non-hydrogen) atoms. The normalized spacial score (nSPS) is 15.5. The molecule has 1 saturated heterocycles. The highest BCUT2D eigenvalue weighted by atomic mass is 19.4. The first-order chi connectivity index (χ1) is 17.9.